The monoisotopic (exact) mass is 329 g/mol. The number of rotatable bonds is 8. The number of H-pyrrole nitrogens is 1. The Kier molecular flexibility index (Phi) is 6.76. The van der Waals surface area contributed by atoms with Crippen LogP contribution in [0, 0.1) is 0 Å². The summed E-state index contributed by atoms with van der Waals surface area (Å²) in [5.74, 6) is 0.459. The van der Waals surface area contributed by atoms with Crippen LogP contribution >= 0.6 is 0 Å². The van der Waals surface area contributed by atoms with Crippen molar-refractivity contribution in [3.63, 3.8) is 0 Å². The number of amides is 1. The van der Waals surface area contributed by atoms with E-state index < -0.39 is 10.0 Å². The lowest BCUT2D eigenvalue weighted by Crippen LogP contribution is -2.35. The number of carbonyl (C=O) groups is 1. The molecule has 1 rings (SSSR count). The highest BCUT2D eigenvalue weighted by Crippen LogP contribution is 2.14. The lowest BCUT2D eigenvalue weighted by Gasteiger charge is -2.17. The summed E-state index contributed by atoms with van der Waals surface area (Å²) < 4.78 is 26.0. The van der Waals surface area contributed by atoms with E-state index in [0.717, 1.165) is 0 Å². The Morgan fingerprint density at radius 1 is 1.27 bits per heavy atom. The lowest BCUT2D eigenvalue weighted by molar-refractivity contribution is -0.364. The quantitative estimate of drug-likeness (QED) is 0.725. The first-order valence-electron chi connectivity index (χ1n) is 7.36. The van der Waals surface area contributed by atoms with Crippen LogP contribution in [-0.4, -0.2) is 44.3 Å². The van der Waals surface area contributed by atoms with Gasteiger partial charge in [-0.15, -0.1) is 0 Å². The SMILES string of the molecule is CCN(CC)S(=O)(=O)c1ccc(NCC(=O)NC(C)C)[nH+]c1. The molecule has 0 atom stereocenters. The molecular weight excluding hydrogens is 304 g/mol. The van der Waals surface area contributed by atoms with Gasteiger partial charge >= 0.3 is 0 Å². The van der Waals surface area contributed by atoms with E-state index in [-0.39, 0.29) is 23.4 Å². The van der Waals surface area contributed by atoms with Gasteiger partial charge in [0.2, 0.25) is 10.0 Å². The highest BCUT2D eigenvalue weighted by atomic mass is 32.2. The van der Waals surface area contributed by atoms with Crippen molar-refractivity contribution < 1.29 is 18.2 Å². The molecule has 0 aliphatic carbocycles. The van der Waals surface area contributed by atoms with Gasteiger partial charge in [0.25, 0.3) is 11.7 Å². The molecular formula is C14H25N4O3S+. The number of carbonyl (C=O) groups excluding carboxylic acids is 1. The van der Waals surface area contributed by atoms with Gasteiger partial charge in [0.1, 0.15) is 11.1 Å². The standard InChI is InChI=1S/C14H24N4O3S/c1-5-18(6-2)22(20,21)12-7-8-13(15-9-12)16-10-14(19)17-11(3)4/h7-9,11H,5-6,10H2,1-4H3,(H,15,16)(H,17,19)/p+1. The van der Waals surface area contributed by atoms with Gasteiger partial charge in [-0.3, -0.25) is 10.1 Å². The number of nitrogens with zero attached hydrogens (tertiary/aromatic N) is 1. The van der Waals surface area contributed by atoms with Crippen molar-refractivity contribution in [1.29, 1.82) is 0 Å². The zero-order chi connectivity index (χ0) is 16.8. The van der Waals surface area contributed by atoms with E-state index in [1.54, 1.807) is 19.9 Å². The molecule has 1 amide bonds. The maximum Gasteiger partial charge on any atom is 0.272 e. The predicted molar refractivity (Wildman–Crippen MR) is 84.9 cm³/mol. The number of hydrogen-bond donors (Lipinski definition) is 2. The van der Waals surface area contributed by atoms with Crippen LogP contribution in [-0.2, 0) is 14.8 Å². The van der Waals surface area contributed by atoms with Crippen molar-refractivity contribution in [3.05, 3.63) is 18.3 Å². The zero-order valence-corrected chi connectivity index (χ0v) is 14.3. The Morgan fingerprint density at radius 3 is 2.36 bits per heavy atom. The summed E-state index contributed by atoms with van der Waals surface area (Å²) in [6, 6.07) is 3.21. The maximum atomic E-state index is 12.3. The van der Waals surface area contributed by atoms with Crippen molar-refractivity contribution in [2.24, 2.45) is 0 Å². The van der Waals surface area contributed by atoms with Gasteiger partial charge in [0.15, 0.2) is 6.54 Å². The zero-order valence-electron chi connectivity index (χ0n) is 13.5. The van der Waals surface area contributed by atoms with Gasteiger partial charge in [0.05, 0.1) is 0 Å². The summed E-state index contributed by atoms with van der Waals surface area (Å²) >= 11 is 0. The molecule has 0 radical (unpaired) electrons. The van der Waals surface area contributed by atoms with Crippen LogP contribution in [0.3, 0.4) is 0 Å². The fourth-order valence-corrected chi connectivity index (χ4v) is 3.37. The number of aromatic amines is 1. The van der Waals surface area contributed by atoms with E-state index in [4.69, 9.17) is 0 Å². The summed E-state index contributed by atoms with van der Waals surface area (Å²) in [4.78, 5) is 14.6. The summed E-state index contributed by atoms with van der Waals surface area (Å²) in [6.45, 7) is 8.34. The number of anilines is 1. The Bertz CT molecular complexity index is 581. The van der Waals surface area contributed by atoms with Crippen molar-refractivity contribution >= 4 is 21.7 Å². The molecule has 0 aromatic carbocycles. The van der Waals surface area contributed by atoms with Crippen LogP contribution in [0.1, 0.15) is 27.7 Å². The second-order valence-corrected chi connectivity index (χ2v) is 7.04. The molecule has 0 unspecified atom stereocenters. The smallest absolute Gasteiger partial charge is 0.272 e. The summed E-state index contributed by atoms with van der Waals surface area (Å²) in [5, 5.41) is 5.67. The van der Waals surface area contributed by atoms with E-state index in [9.17, 15) is 13.2 Å². The van der Waals surface area contributed by atoms with Gasteiger partial charge in [-0.2, -0.15) is 4.31 Å². The molecule has 1 aromatic heterocycles. The minimum absolute atomic E-state index is 0.0832. The summed E-state index contributed by atoms with van der Waals surface area (Å²) in [6.07, 6.45) is 1.43. The summed E-state index contributed by atoms with van der Waals surface area (Å²) in [7, 11) is -3.47. The molecule has 0 saturated carbocycles. The molecule has 0 aliphatic heterocycles. The highest BCUT2D eigenvalue weighted by molar-refractivity contribution is 7.89. The van der Waals surface area contributed by atoms with Gasteiger partial charge in [-0.25, -0.2) is 13.4 Å². The van der Waals surface area contributed by atoms with Crippen LogP contribution in [0.25, 0.3) is 0 Å². The molecule has 1 heterocycles. The maximum absolute atomic E-state index is 12.3. The molecule has 8 heteroatoms. The second-order valence-electron chi connectivity index (χ2n) is 5.10. The molecule has 3 N–H and O–H groups in total. The minimum atomic E-state index is -3.47. The number of sulfonamides is 1. The van der Waals surface area contributed by atoms with Crippen LogP contribution < -0.4 is 15.6 Å². The van der Waals surface area contributed by atoms with E-state index in [0.29, 0.717) is 18.9 Å². The van der Waals surface area contributed by atoms with E-state index in [1.807, 2.05) is 13.8 Å². The van der Waals surface area contributed by atoms with Gasteiger partial charge in [-0.1, -0.05) is 13.8 Å². The molecule has 124 valence electrons. The topological polar surface area (TPSA) is 92.7 Å². The Hall–Kier alpha value is -1.67. The Labute approximate surface area is 132 Å². The van der Waals surface area contributed by atoms with Crippen LogP contribution in [0.5, 0.6) is 0 Å². The molecule has 1 aromatic rings. The Balaban J connectivity index is 2.73. The van der Waals surface area contributed by atoms with Crippen molar-refractivity contribution in [3.8, 4) is 0 Å². The second kappa shape index (κ2) is 8.09. The van der Waals surface area contributed by atoms with Crippen LogP contribution in [0.2, 0.25) is 0 Å². The largest absolute Gasteiger partial charge is 0.351 e. The Morgan fingerprint density at radius 2 is 1.91 bits per heavy atom. The summed E-state index contributed by atoms with van der Waals surface area (Å²) in [5.41, 5.74) is 0. The first kappa shape index (κ1) is 18.4. The third kappa shape index (κ3) is 4.96. The fourth-order valence-electron chi connectivity index (χ4n) is 1.94. The number of nitrogens with one attached hydrogen (secondary N) is 3. The minimum Gasteiger partial charge on any atom is -0.351 e. The van der Waals surface area contributed by atoms with E-state index in [2.05, 4.69) is 15.6 Å². The van der Waals surface area contributed by atoms with E-state index in [1.165, 1.54) is 16.6 Å². The predicted octanol–water partition coefficient (Wildman–Crippen LogP) is 0.468. The first-order valence-corrected chi connectivity index (χ1v) is 8.80. The number of aromatic nitrogens is 1. The molecule has 22 heavy (non-hydrogen) atoms. The average Bonchev–Trinajstić information content (AvgIpc) is 2.46. The molecule has 0 bridgehead atoms. The number of pyridine rings is 1. The first-order chi connectivity index (χ1) is 10.3. The van der Waals surface area contributed by atoms with Crippen molar-refractivity contribution in [1.82, 2.24) is 9.62 Å². The number of hydrogen-bond acceptors (Lipinski definition) is 4. The van der Waals surface area contributed by atoms with Crippen LogP contribution in [0.4, 0.5) is 5.82 Å². The molecule has 0 aliphatic rings. The highest BCUT2D eigenvalue weighted by Gasteiger charge is 2.22. The lowest BCUT2D eigenvalue weighted by atomic mass is 10.4. The van der Waals surface area contributed by atoms with Gasteiger partial charge < -0.3 is 5.32 Å². The molecule has 7 nitrogen and oxygen atoms in total. The average molecular weight is 329 g/mol. The normalized spacial score (nSPS) is 11.7. The molecule has 0 saturated heterocycles. The van der Waals surface area contributed by atoms with Crippen LogP contribution in [0.15, 0.2) is 23.2 Å². The molecule has 0 spiro atoms. The van der Waals surface area contributed by atoms with Gasteiger partial charge in [0, 0.05) is 25.2 Å². The fraction of sp³-hybridized carbons (Fsp3) is 0.571. The van der Waals surface area contributed by atoms with Crippen molar-refractivity contribution in [2.45, 2.75) is 38.6 Å². The van der Waals surface area contributed by atoms with E-state index >= 15 is 0 Å². The van der Waals surface area contributed by atoms with Gasteiger partial charge in [-0.05, 0) is 19.9 Å². The third-order valence-electron chi connectivity index (χ3n) is 3.02. The van der Waals surface area contributed by atoms with Crippen molar-refractivity contribution in [2.75, 3.05) is 25.0 Å². The third-order valence-corrected chi connectivity index (χ3v) is 5.06. The molecule has 0 fully saturated rings.